The van der Waals surface area contributed by atoms with E-state index < -0.39 is 95.1 Å². The largest absolute Gasteiger partial charge is 0.458 e. The average Bonchev–Trinajstić information content (AvgIpc) is 3.83. The summed E-state index contributed by atoms with van der Waals surface area (Å²) in [5, 5.41) is 25.1. The maximum Gasteiger partial charge on any atom is 0.317 e. The quantitative estimate of drug-likeness (QED) is 0.113. The maximum absolute atomic E-state index is 14.8. The van der Waals surface area contributed by atoms with Crippen molar-refractivity contribution in [2.75, 3.05) is 21.2 Å². The number of ketones is 2. The van der Waals surface area contributed by atoms with Crippen LogP contribution in [0.2, 0.25) is 0 Å². The minimum absolute atomic E-state index is 0.0515. The van der Waals surface area contributed by atoms with E-state index in [-0.39, 0.29) is 36.6 Å². The van der Waals surface area contributed by atoms with E-state index in [0.717, 1.165) is 0 Å². The molecule has 0 bridgehead atoms. The molecule has 5 rings (SSSR count). The third-order valence-electron chi connectivity index (χ3n) is 12.7. The molecule has 0 amide bonds. The van der Waals surface area contributed by atoms with Gasteiger partial charge in [-0.25, -0.2) is 0 Å². The van der Waals surface area contributed by atoms with Crippen LogP contribution >= 0.6 is 11.3 Å². The van der Waals surface area contributed by atoms with Gasteiger partial charge in [-0.2, -0.15) is 0 Å². The van der Waals surface area contributed by atoms with E-state index in [1.54, 1.807) is 60.7 Å². The van der Waals surface area contributed by atoms with Gasteiger partial charge in [-0.1, -0.05) is 50.3 Å². The molecule has 18 heteroatoms. The summed E-state index contributed by atoms with van der Waals surface area (Å²) in [7, 11) is 5.17. The number of nitrogens with two attached hydrogens (primary N) is 1. The Balaban J connectivity index is 1.51. The fourth-order valence-corrected chi connectivity index (χ4v) is 9.97. The van der Waals surface area contributed by atoms with E-state index in [0.29, 0.717) is 22.1 Å². The first-order chi connectivity index (χ1) is 28.2. The van der Waals surface area contributed by atoms with Crippen molar-refractivity contribution in [3.8, 4) is 10.7 Å². The van der Waals surface area contributed by atoms with Gasteiger partial charge in [-0.3, -0.25) is 24.2 Å². The second-order valence-electron chi connectivity index (χ2n) is 17.2. The Morgan fingerprint density at radius 1 is 1.07 bits per heavy atom. The predicted molar refractivity (Wildman–Crippen MR) is 220 cm³/mol. The van der Waals surface area contributed by atoms with Crippen LogP contribution in [0.5, 0.6) is 0 Å². The van der Waals surface area contributed by atoms with E-state index in [4.69, 9.17) is 34.3 Å². The molecule has 0 aliphatic carbocycles. The predicted octanol–water partition coefficient (Wildman–Crippen LogP) is 4.12. The van der Waals surface area contributed by atoms with E-state index in [1.165, 1.54) is 25.4 Å². The van der Waals surface area contributed by atoms with Crippen LogP contribution in [0.1, 0.15) is 92.7 Å². The van der Waals surface area contributed by atoms with Gasteiger partial charge in [0.1, 0.15) is 35.5 Å². The van der Waals surface area contributed by atoms with Gasteiger partial charge in [0, 0.05) is 43.0 Å². The smallest absolute Gasteiger partial charge is 0.317 e. The number of hydrogen-bond donors (Lipinski definition) is 2. The Morgan fingerprint density at radius 2 is 1.77 bits per heavy atom. The highest BCUT2D eigenvalue weighted by Crippen LogP contribution is 2.48. The molecule has 0 saturated carbocycles. The number of esters is 2. The van der Waals surface area contributed by atoms with Crippen LogP contribution in [-0.4, -0.2) is 124 Å². The van der Waals surface area contributed by atoms with Crippen LogP contribution in [0.15, 0.2) is 29.6 Å². The molecule has 15 atom stereocenters. The Labute approximate surface area is 356 Å². The number of Topliss-reactive ketones (excluding diaryl/α,β-unsaturated/α-hetero) is 2. The number of hydrogen-bond acceptors (Lipinski definition) is 17. The first kappa shape index (κ1) is 47.1. The van der Waals surface area contributed by atoms with Crippen molar-refractivity contribution >= 4 is 40.7 Å². The van der Waals surface area contributed by atoms with Crippen molar-refractivity contribution in [1.29, 1.82) is 0 Å². The molecule has 17 nitrogen and oxygen atoms in total. The molecule has 2 aromatic heterocycles. The molecular formula is C42H62N6O11S. The van der Waals surface area contributed by atoms with Crippen LogP contribution in [0, 0.1) is 35.5 Å². The van der Waals surface area contributed by atoms with Gasteiger partial charge in [-0.15, -0.1) is 10.2 Å². The zero-order chi connectivity index (χ0) is 44.4. The number of ether oxygens (including phenoxy) is 5. The second-order valence-corrected chi connectivity index (χ2v) is 18.2. The number of rotatable bonds is 10. The van der Waals surface area contributed by atoms with Gasteiger partial charge in [0.05, 0.1) is 17.8 Å². The van der Waals surface area contributed by atoms with Crippen molar-refractivity contribution in [3.63, 3.8) is 0 Å². The Kier molecular flexibility index (Phi) is 14.9. The average molecular weight is 859 g/mol. The number of oxime groups is 1. The number of aliphatic hydroxyl groups excluding tert-OH is 1. The number of fused-ring (bicyclic) bond motifs is 1. The summed E-state index contributed by atoms with van der Waals surface area (Å²) in [6.45, 7) is 15.2. The highest BCUT2D eigenvalue weighted by Gasteiger charge is 2.62. The molecule has 3 fully saturated rings. The summed E-state index contributed by atoms with van der Waals surface area (Å²) in [6, 6.07) is 5.14. The summed E-state index contributed by atoms with van der Waals surface area (Å²) < 4.78 is 31.1. The van der Waals surface area contributed by atoms with Gasteiger partial charge in [0.25, 0.3) is 0 Å². The molecule has 3 saturated heterocycles. The Morgan fingerprint density at radius 3 is 2.38 bits per heavy atom. The molecule has 5 heterocycles. The van der Waals surface area contributed by atoms with Gasteiger partial charge in [-0.05, 0) is 80.1 Å². The standard InChI is InChI=1S/C42H62N6O11S/c1-13-28-42(9)30(29(39(53)58-42)35(43)47-59-25(7)36-45-46-37(60-36)26-16-14-15-17-44-26)22(4)31(49)20(2)19-41(8,54-12)34(23(5)32(50)24(6)38(52)56-28)57-40-33(51)27(48(10)11)18-21(3)55-40/h14-17,20-25,27-30,33-34,40,51H,13,18-19H2,1-12H3,(H2,43,47)/t20-,21-,22-,23+,24-,25+,27+,28+,29-,30+,33-,34-,40+,41-,42-/m1/s1. The number of amidine groups is 1. The third-order valence-corrected chi connectivity index (χ3v) is 13.8. The summed E-state index contributed by atoms with van der Waals surface area (Å²) in [5.41, 5.74) is 4.33. The lowest BCUT2D eigenvalue weighted by Crippen LogP contribution is -2.59. The van der Waals surface area contributed by atoms with Crippen molar-refractivity contribution in [3.05, 3.63) is 29.4 Å². The molecule has 332 valence electrons. The molecular weight excluding hydrogens is 797 g/mol. The minimum atomic E-state index is -1.58. The summed E-state index contributed by atoms with van der Waals surface area (Å²) in [5.74, 6) is -8.88. The summed E-state index contributed by atoms with van der Waals surface area (Å²) >= 11 is 1.26. The first-order valence-electron chi connectivity index (χ1n) is 20.6. The van der Waals surface area contributed by atoms with Crippen LogP contribution in [0.4, 0.5) is 0 Å². The van der Waals surface area contributed by atoms with Crippen molar-refractivity contribution in [2.45, 2.75) is 136 Å². The van der Waals surface area contributed by atoms with Gasteiger partial charge >= 0.3 is 11.9 Å². The van der Waals surface area contributed by atoms with E-state index in [1.807, 2.05) is 38.1 Å². The van der Waals surface area contributed by atoms with E-state index in [2.05, 4.69) is 20.3 Å². The molecule has 0 spiro atoms. The highest BCUT2D eigenvalue weighted by atomic mass is 32.1. The fourth-order valence-electron chi connectivity index (χ4n) is 9.18. The molecule has 0 radical (unpaired) electrons. The SMILES string of the molecule is CC[C@@H]1OC(=O)[C@H](C)C(=O)[C@H](C)[C@@H](O[C@@H]2O[C@H](C)C[C@H](N(C)C)[C@H]2O)[C@](C)(OC)C[C@@H](C)C(=O)[C@H](C)[C@H]2[C@H](/C(N)=N/O[C@@H](C)c3nnc(-c4ccccn4)s3)C(=O)O[C@@]21C. The molecule has 0 unspecified atom stereocenters. The minimum Gasteiger partial charge on any atom is -0.458 e. The van der Waals surface area contributed by atoms with Crippen molar-refractivity contribution in [2.24, 2.45) is 46.4 Å². The number of aromatic nitrogens is 3. The second kappa shape index (κ2) is 19.0. The lowest BCUT2D eigenvalue weighted by molar-refractivity contribution is -0.295. The fraction of sp³-hybridized carbons (Fsp3) is 0.714. The van der Waals surface area contributed by atoms with E-state index in [9.17, 15) is 24.3 Å². The van der Waals surface area contributed by atoms with Crippen LogP contribution in [-0.2, 0) is 47.7 Å². The van der Waals surface area contributed by atoms with Crippen LogP contribution in [0.3, 0.4) is 0 Å². The maximum atomic E-state index is 14.8. The number of likely N-dealkylation sites (N-methyl/N-ethyl adjacent to an activating group) is 1. The molecule has 3 aliphatic rings. The number of cyclic esters (lactones) is 1. The van der Waals surface area contributed by atoms with E-state index >= 15 is 0 Å². The summed E-state index contributed by atoms with van der Waals surface area (Å²) in [6.07, 6.45) is -3.03. The molecule has 3 aliphatic heterocycles. The molecule has 60 heavy (non-hydrogen) atoms. The van der Waals surface area contributed by atoms with Gasteiger partial charge < -0.3 is 44.3 Å². The van der Waals surface area contributed by atoms with Crippen molar-refractivity contribution < 1.29 is 52.8 Å². The normalized spacial score (nSPS) is 37.9. The number of carbonyl (C=O) groups is 4. The first-order valence-corrected chi connectivity index (χ1v) is 21.5. The molecule has 3 N–H and O–H groups in total. The topological polar surface area (TPSA) is 224 Å². The Hall–Kier alpha value is -3.94. The monoisotopic (exact) mass is 858 g/mol. The highest BCUT2D eigenvalue weighted by molar-refractivity contribution is 7.14. The zero-order valence-electron chi connectivity index (χ0n) is 36.7. The lowest BCUT2D eigenvalue weighted by atomic mass is 9.67. The lowest BCUT2D eigenvalue weighted by Gasteiger charge is -2.47. The number of pyridine rings is 1. The molecule has 0 aromatic carbocycles. The molecule has 2 aromatic rings. The zero-order valence-corrected chi connectivity index (χ0v) is 37.5. The van der Waals surface area contributed by atoms with Gasteiger partial charge in [0.15, 0.2) is 39.6 Å². The van der Waals surface area contributed by atoms with Crippen molar-refractivity contribution in [1.82, 2.24) is 20.1 Å². The van der Waals surface area contributed by atoms with Crippen LogP contribution in [0.25, 0.3) is 10.7 Å². The van der Waals surface area contributed by atoms with Crippen LogP contribution < -0.4 is 5.73 Å². The third kappa shape index (κ3) is 9.43. The number of methoxy groups -OCH3 is 1. The Bertz CT molecular complexity index is 1880. The summed E-state index contributed by atoms with van der Waals surface area (Å²) in [4.78, 5) is 69.1. The number of carbonyl (C=O) groups excluding carboxylic acids is 4. The van der Waals surface area contributed by atoms with Gasteiger partial charge in [0.2, 0.25) is 0 Å². The number of aliphatic hydroxyl groups is 1. The number of nitrogens with zero attached hydrogens (tertiary/aromatic N) is 5.